The number of esters is 1. The Morgan fingerprint density at radius 3 is 2.76 bits per heavy atom. The van der Waals surface area contributed by atoms with Gasteiger partial charge in [0.05, 0.1) is 12.7 Å². The number of carbonyl (C=O) groups is 2. The number of aliphatic hydroxyl groups excluding tert-OH is 1. The van der Waals surface area contributed by atoms with Crippen LogP contribution in [0.4, 0.5) is 8.78 Å². The highest BCUT2D eigenvalue weighted by Gasteiger charge is 2.68. The van der Waals surface area contributed by atoms with E-state index in [-0.39, 0.29) is 42.0 Å². The number of carbonyl (C=O) groups excluding carboxylic acids is 2. The van der Waals surface area contributed by atoms with Crippen LogP contribution in [-0.4, -0.2) is 43.2 Å². The number of halogens is 2. The molecule has 1 aromatic carbocycles. The first-order chi connectivity index (χ1) is 17.9. The van der Waals surface area contributed by atoms with Crippen LogP contribution >= 0.6 is 0 Å². The van der Waals surface area contributed by atoms with Crippen molar-refractivity contribution < 1.29 is 37.6 Å². The van der Waals surface area contributed by atoms with E-state index in [4.69, 9.17) is 14.1 Å². The maximum Gasteiger partial charge on any atom is 0.344 e. The topological polar surface area (TPSA) is 82.1 Å². The summed E-state index contributed by atoms with van der Waals surface area (Å²) in [6.45, 7) is 11.4. The molecule has 0 spiro atoms. The van der Waals surface area contributed by atoms with Gasteiger partial charge in [0.1, 0.15) is 11.9 Å². The smallest absolute Gasteiger partial charge is 0.344 e. The Labute approximate surface area is 223 Å². The van der Waals surface area contributed by atoms with E-state index in [2.05, 4.69) is 13.5 Å². The van der Waals surface area contributed by atoms with Crippen molar-refractivity contribution in [2.45, 2.75) is 78.6 Å². The van der Waals surface area contributed by atoms with E-state index in [0.717, 1.165) is 18.9 Å². The summed E-state index contributed by atoms with van der Waals surface area (Å²) in [4.78, 5) is 26.6. The summed E-state index contributed by atoms with van der Waals surface area (Å²) < 4.78 is 45.8. The van der Waals surface area contributed by atoms with E-state index >= 15 is 0 Å². The predicted octanol–water partition coefficient (Wildman–Crippen LogP) is 4.02. The molecule has 3 fully saturated rings. The van der Waals surface area contributed by atoms with Crippen molar-refractivity contribution in [1.82, 2.24) is 0 Å². The monoisotopic (exact) mass is 529 g/mol. The summed E-state index contributed by atoms with van der Waals surface area (Å²) in [6, 6.07) is 1.13. The maximum absolute atomic E-state index is 14.8. The van der Waals surface area contributed by atoms with Crippen LogP contribution in [0.5, 0.6) is 5.75 Å². The molecule has 9 heteroatoms. The molecule has 1 aromatic rings. The number of aliphatic hydroxyl groups is 1. The zero-order chi connectivity index (χ0) is 27.6. The normalized spacial score (nSPS) is 39.9. The van der Waals surface area contributed by atoms with Crippen LogP contribution < -0.4 is 10.2 Å². The van der Waals surface area contributed by atoms with Gasteiger partial charge in [0, 0.05) is 23.2 Å². The Balaban J connectivity index is 1.46. The van der Waals surface area contributed by atoms with E-state index in [1.807, 2.05) is 20.8 Å². The van der Waals surface area contributed by atoms with Crippen LogP contribution in [-0.2, 0) is 25.6 Å². The number of rotatable bonds is 5. The quantitative estimate of drug-likeness (QED) is 0.353. The van der Waals surface area contributed by atoms with Crippen LogP contribution in [0.3, 0.4) is 0 Å². The Kier molecular flexibility index (Phi) is 6.78. The molecule has 1 aliphatic heterocycles. The first-order valence-electron chi connectivity index (χ1n) is 13.5. The van der Waals surface area contributed by atoms with Gasteiger partial charge in [0.25, 0.3) is 0 Å². The molecule has 1 radical (unpaired) electrons. The van der Waals surface area contributed by atoms with Crippen LogP contribution in [0, 0.1) is 45.6 Å². The van der Waals surface area contributed by atoms with Crippen molar-refractivity contribution >= 4 is 24.7 Å². The predicted molar refractivity (Wildman–Crippen MR) is 137 cm³/mol. The highest BCUT2D eigenvalue weighted by Crippen LogP contribution is 2.68. The second-order valence-electron chi connectivity index (χ2n) is 12.4. The first kappa shape index (κ1) is 27.3. The average molecular weight is 529 g/mol. The van der Waals surface area contributed by atoms with E-state index < -0.39 is 58.4 Å². The lowest BCUT2D eigenvalue weighted by molar-refractivity contribution is -0.207. The SMILES string of the molecule is C=C[C@]1(C)C[C@@H](OC(=O)COc2c(F)cc3c(c2F)[B]OC3)[C@]2(C)[C@H](C)CC[C@]3(CCC(=O)[C@H]32)[C@@H](C)[C@@H]1O. The van der Waals surface area contributed by atoms with Crippen molar-refractivity contribution in [2.75, 3.05) is 6.61 Å². The fourth-order valence-electron chi connectivity index (χ4n) is 8.08. The van der Waals surface area contributed by atoms with Crippen LogP contribution in [0.25, 0.3) is 0 Å². The highest BCUT2D eigenvalue weighted by molar-refractivity contribution is 6.49. The molecule has 205 valence electrons. The van der Waals surface area contributed by atoms with E-state index in [0.29, 0.717) is 18.4 Å². The molecule has 4 aliphatic rings. The number of hydrogen-bond acceptors (Lipinski definition) is 6. The molecule has 6 nitrogen and oxygen atoms in total. The summed E-state index contributed by atoms with van der Waals surface area (Å²) in [5.74, 6) is -3.59. The third-order valence-electron chi connectivity index (χ3n) is 10.6. The number of fused-ring (bicyclic) bond motifs is 1. The molecule has 3 saturated carbocycles. The third-order valence-corrected chi connectivity index (χ3v) is 10.6. The van der Waals surface area contributed by atoms with Crippen molar-refractivity contribution in [1.29, 1.82) is 0 Å². The van der Waals surface area contributed by atoms with E-state index in [9.17, 15) is 23.5 Å². The van der Waals surface area contributed by atoms with Gasteiger partial charge in [-0.05, 0) is 60.0 Å². The number of ketones is 1. The van der Waals surface area contributed by atoms with Crippen LogP contribution in [0.1, 0.15) is 65.4 Å². The van der Waals surface area contributed by atoms with Gasteiger partial charge in [0.2, 0.25) is 0 Å². The molecule has 0 unspecified atom stereocenters. The fraction of sp³-hybridized carbons (Fsp3) is 0.655. The van der Waals surface area contributed by atoms with E-state index in [1.165, 1.54) is 7.48 Å². The fourth-order valence-corrected chi connectivity index (χ4v) is 8.08. The summed E-state index contributed by atoms with van der Waals surface area (Å²) in [5.41, 5.74) is -1.39. The van der Waals surface area contributed by atoms with Gasteiger partial charge < -0.3 is 19.2 Å². The Bertz CT molecular complexity index is 1170. The third kappa shape index (κ3) is 3.87. The lowest BCUT2D eigenvalue weighted by atomic mass is 9.44. The molecule has 0 aromatic heterocycles. The minimum atomic E-state index is -0.929. The summed E-state index contributed by atoms with van der Waals surface area (Å²) in [7, 11) is 1.20. The number of Topliss-reactive ketones (excluding diaryl/α,β-unsaturated/α-hetero) is 1. The molecule has 1 N–H and O–H groups in total. The zero-order valence-corrected chi connectivity index (χ0v) is 22.5. The second kappa shape index (κ2) is 9.44. The Hall–Kier alpha value is -2.26. The van der Waals surface area contributed by atoms with Gasteiger partial charge in [-0.1, -0.05) is 33.8 Å². The Morgan fingerprint density at radius 2 is 2.05 bits per heavy atom. The standard InChI is InChI=1S/C29H36BF2O6/c1-6-27(4)12-20(38-21(34)14-36-24-18(31)11-17-13-37-30-22(17)23(24)32)28(5)15(2)7-9-29(16(3)26(27)35)10-8-19(33)25(28)29/h6,11,15-16,20,25-26,35H,1,7-10,12-14H2,2-5H3/t15-,16+,20-,25+,26+,27-,28+,29+/m1/s1. The minimum Gasteiger partial charge on any atom is -0.476 e. The molecule has 38 heavy (non-hydrogen) atoms. The lowest BCUT2D eigenvalue weighted by Crippen LogP contribution is -2.63. The zero-order valence-electron chi connectivity index (χ0n) is 22.5. The van der Waals surface area contributed by atoms with Crippen LogP contribution in [0.15, 0.2) is 18.7 Å². The summed E-state index contributed by atoms with van der Waals surface area (Å²) >= 11 is 0. The van der Waals surface area contributed by atoms with Crippen LogP contribution in [0.2, 0.25) is 0 Å². The molecule has 1 heterocycles. The van der Waals surface area contributed by atoms with E-state index in [1.54, 1.807) is 6.08 Å². The molecule has 0 amide bonds. The highest BCUT2D eigenvalue weighted by atomic mass is 19.1. The van der Waals surface area contributed by atoms with Gasteiger partial charge in [0.15, 0.2) is 24.0 Å². The minimum absolute atomic E-state index is 0.0673. The van der Waals surface area contributed by atoms with Crippen molar-refractivity contribution in [3.63, 3.8) is 0 Å². The number of hydrogen-bond donors (Lipinski definition) is 1. The van der Waals surface area contributed by atoms with Gasteiger partial charge in [-0.2, -0.15) is 0 Å². The van der Waals surface area contributed by atoms with Crippen molar-refractivity contribution in [2.24, 2.45) is 34.0 Å². The lowest BCUT2D eigenvalue weighted by Gasteiger charge is -2.61. The molecule has 0 saturated heterocycles. The molecule has 8 atom stereocenters. The van der Waals surface area contributed by atoms with Crippen molar-refractivity contribution in [3.05, 3.63) is 35.9 Å². The Morgan fingerprint density at radius 1 is 1.32 bits per heavy atom. The molecule has 2 bridgehead atoms. The van der Waals surface area contributed by atoms with Gasteiger partial charge in [-0.15, -0.1) is 6.58 Å². The molecular formula is C29H36BF2O6. The number of ether oxygens (including phenoxy) is 2. The number of benzene rings is 1. The summed E-state index contributed by atoms with van der Waals surface area (Å²) in [6.07, 6.45) is 3.28. The van der Waals surface area contributed by atoms with Crippen molar-refractivity contribution in [3.8, 4) is 5.75 Å². The molecule has 5 rings (SSSR count). The second-order valence-corrected chi connectivity index (χ2v) is 12.4. The molecule has 3 aliphatic carbocycles. The first-order valence-corrected chi connectivity index (χ1v) is 13.5. The van der Waals surface area contributed by atoms with Gasteiger partial charge >= 0.3 is 13.5 Å². The average Bonchev–Trinajstić information content (AvgIpc) is 3.49. The largest absolute Gasteiger partial charge is 0.476 e. The molecular weight excluding hydrogens is 493 g/mol. The van der Waals surface area contributed by atoms with Gasteiger partial charge in [-0.3, -0.25) is 4.79 Å². The summed E-state index contributed by atoms with van der Waals surface area (Å²) in [5, 5.41) is 11.6. The maximum atomic E-state index is 14.8. The van der Waals surface area contributed by atoms with Gasteiger partial charge in [-0.25, -0.2) is 13.6 Å².